The van der Waals surface area contributed by atoms with E-state index in [4.69, 9.17) is 0 Å². The molecule has 19 heavy (non-hydrogen) atoms. The van der Waals surface area contributed by atoms with E-state index in [1.807, 2.05) is 0 Å². The highest BCUT2D eigenvalue weighted by Crippen LogP contribution is 2.31. The first kappa shape index (κ1) is 14.5. The van der Waals surface area contributed by atoms with Crippen LogP contribution in [-0.2, 0) is 4.79 Å². The van der Waals surface area contributed by atoms with Gasteiger partial charge in [0.2, 0.25) is 5.91 Å². The summed E-state index contributed by atoms with van der Waals surface area (Å²) in [5, 5.41) is 4.50. The van der Waals surface area contributed by atoms with Crippen molar-refractivity contribution in [3.8, 4) is 0 Å². The van der Waals surface area contributed by atoms with Gasteiger partial charge in [0, 0.05) is 17.5 Å². The van der Waals surface area contributed by atoms with Gasteiger partial charge >= 0.3 is 0 Å². The Kier molecular flexibility index (Phi) is 5.00. The Morgan fingerprint density at radius 2 is 1.89 bits per heavy atom. The monoisotopic (exact) mass is 264 g/mol. The van der Waals surface area contributed by atoms with Crippen LogP contribution >= 0.6 is 0 Å². The van der Waals surface area contributed by atoms with Crippen LogP contribution < -0.4 is 5.43 Å². The summed E-state index contributed by atoms with van der Waals surface area (Å²) in [6.07, 6.45) is 8.03. The van der Waals surface area contributed by atoms with E-state index >= 15 is 0 Å². The second-order valence-corrected chi connectivity index (χ2v) is 6.80. The SMILES string of the molecule is CC(C)[C@@H]1CC[C@H](C)CC1=NNC(=O)C1CCCC1. The summed E-state index contributed by atoms with van der Waals surface area (Å²) in [6.45, 7) is 6.80. The summed E-state index contributed by atoms with van der Waals surface area (Å²) >= 11 is 0. The number of carbonyl (C=O) groups excluding carboxylic acids is 1. The molecule has 1 amide bonds. The molecule has 0 aliphatic heterocycles. The van der Waals surface area contributed by atoms with E-state index in [0.717, 1.165) is 19.3 Å². The molecule has 108 valence electrons. The van der Waals surface area contributed by atoms with Gasteiger partial charge in [-0.2, -0.15) is 5.10 Å². The van der Waals surface area contributed by atoms with Crippen molar-refractivity contribution in [1.29, 1.82) is 0 Å². The number of carbonyl (C=O) groups is 1. The van der Waals surface area contributed by atoms with Crippen LogP contribution in [0.5, 0.6) is 0 Å². The summed E-state index contributed by atoms with van der Waals surface area (Å²) in [5.74, 6) is 2.24. The molecule has 0 radical (unpaired) electrons. The first-order chi connectivity index (χ1) is 9.08. The smallest absolute Gasteiger partial charge is 0.243 e. The van der Waals surface area contributed by atoms with Gasteiger partial charge in [-0.3, -0.25) is 4.79 Å². The number of hydrazone groups is 1. The molecule has 1 N–H and O–H groups in total. The first-order valence-corrected chi connectivity index (χ1v) is 7.94. The maximum absolute atomic E-state index is 12.0. The summed E-state index contributed by atoms with van der Waals surface area (Å²) in [5.41, 5.74) is 4.07. The molecule has 2 fully saturated rings. The molecule has 0 spiro atoms. The normalized spacial score (nSPS) is 31.1. The quantitative estimate of drug-likeness (QED) is 0.775. The van der Waals surface area contributed by atoms with Crippen molar-refractivity contribution in [3.63, 3.8) is 0 Å². The minimum Gasteiger partial charge on any atom is -0.273 e. The van der Waals surface area contributed by atoms with Crippen LogP contribution in [0.4, 0.5) is 0 Å². The van der Waals surface area contributed by atoms with Crippen LogP contribution in [0.3, 0.4) is 0 Å². The molecule has 2 rings (SSSR count). The topological polar surface area (TPSA) is 41.5 Å². The van der Waals surface area contributed by atoms with Crippen molar-refractivity contribution in [3.05, 3.63) is 0 Å². The number of nitrogens with one attached hydrogen (secondary N) is 1. The van der Waals surface area contributed by atoms with Gasteiger partial charge in [0.25, 0.3) is 0 Å². The van der Waals surface area contributed by atoms with Gasteiger partial charge in [0.15, 0.2) is 0 Å². The zero-order valence-corrected chi connectivity index (χ0v) is 12.6. The molecule has 3 nitrogen and oxygen atoms in total. The zero-order valence-electron chi connectivity index (χ0n) is 12.6. The lowest BCUT2D eigenvalue weighted by Gasteiger charge is -2.30. The fourth-order valence-corrected chi connectivity index (χ4v) is 3.49. The molecule has 0 aromatic carbocycles. The lowest BCUT2D eigenvalue weighted by molar-refractivity contribution is -0.124. The third kappa shape index (κ3) is 3.80. The number of rotatable bonds is 3. The highest BCUT2D eigenvalue weighted by atomic mass is 16.2. The Balaban J connectivity index is 1.96. The second-order valence-electron chi connectivity index (χ2n) is 6.80. The minimum absolute atomic E-state index is 0.144. The molecular formula is C16H28N2O. The molecule has 2 aliphatic carbocycles. The van der Waals surface area contributed by atoms with Crippen LogP contribution in [0.1, 0.15) is 65.7 Å². The molecule has 2 aliphatic rings. The Morgan fingerprint density at radius 3 is 2.53 bits per heavy atom. The lowest BCUT2D eigenvalue weighted by Crippen LogP contribution is -2.32. The highest BCUT2D eigenvalue weighted by molar-refractivity contribution is 5.89. The summed E-state index contributed by atoms with van der Waals surface area (Å²) in [4.78, 5) is 12.0. The predicted molar refractivity (Wildman–Crippen MR) is 78.9 cm³/mol. The van der Waals surface area contributed by atoms with Gasteiger partial charge < -0.3 is 0 Å². The van der Waals surface area contributed by atoms with Gasteiger partial charge in [0.1, 0.15) is 0 Å². The average molecular weight is 264 g/mol. The fraction of sp³-hybridized carbons (Fsp3) is 0.875. The van der Waals surface area contributed by atoms with Gasteiger partial charge in [-0.15, -0.1) is 0 Å². The van der Waals surface area contributed by atoms with Crippen molar-refractivity contribution in [2.45, 2.75) is 65.7 Å². The molecule has 0 saturated heterocycles. The fourth-order valence-electron chi connectivity index (χ4n) is 3.49. The summed E-state index contributed by atoms with van der Waals surface area (Å²) in [7, 11) is 0. The molecule has 2 atom stereocenters. The standard InChI is InChI=1S/C16H28N2O/c1-11(2)14-9-8-12(3)10-15(14)17-18-16(19)13-6-4-5-7-13/h11-14H,4-10H2,1-3H3,(H,18,19)/t12-,14-/m0/s1. The number of nitrogens with zero attached hydrogens (tertiary/aromatic N) is 1. The number of hydrogen-bond donors (Lipinski definition) is 1. The Bertz CT molecular complexity index is 343. The summed E-state index contributed by atoms with van der Waals surface area (Å²) < 4.78 is 0. The molecule has 0 aromatic heterocycles. The molecule has 2 saturated carbocycles. The van der Waals surface area contributed by atoms with Crippen molar-refractivity contribution >= 4 is 11.6 Å². The van der Waals surface area contributed by atoms with Crippen LogP contribution in [-0.4, -0.2) is 11.6 Å². The van der Waals surface area contributed by atoms with E-state index in [0.29, 0.717) is 17.8 Å². The van der Waals surface area contributed by atoms with E-state index in [2.05, 4.69) is 31.3 Å². The third-order valence-corrected chi connectivity index (χ3v) is 4.80. The maximum Gasteiger partial charge on any atom is 0.243 e. The van der Waals surface area contributed by atoms with Gasteiger partial charge in [-0.05, 0) is 43.9 Å². The van der Waals surface area contributed by atoms with Crippen LogP contribution in [0.2, 0.25) is 0 Å². The largest absolute Gasteiger partial charge is 0.273 e. The van der Waals surface area contributed by atoms with Crippen molar-refractivity contribution in [2.75, 3.05) is 0 Å². The van der Waals surface area contributed by atoms with Crippen LogP contribution in [0.25, 0.3) is 0 Å². The van der Waals surface area contributed by atoms with Crippen LogP contribution in [0.15, 0.2) is 5.10 Å². The average Bonchev–Trinajstić information content (AvgIpc) is 2.89. The minimum atomic E-state index is 0.144. The highest BCUT2D eigenvalue weighted by Gasteiger charge is 2.28. The van der Waals surface area contributed by atoms with Crippen molar-refractivity contribution in [2.24, 2.45) is 28.8 Å². The van der Waals surface area contributed by atoms with Gasteiger partial charge in [-0.25, -0.2) is 5.43 Å². The molecule has 0 heterocycles. The molecule has 0 bridgehead atoms. The molecule has 3 heteroatoms. The van der Waals surface area contributed by atoms with Crippen molar-refractivity contribution < 1.29 is 4.79 Å². The van der Waals surface area contributed by atoms with E-state index in [1.54, 1.807) is 0 Å². The van der Waals surface area contributed by atoms with Gasteiger partial charge in [0.05, 0.1) is 0 Å². The zero-order chi connectivity index (χ0) is 13.8. The summed E-state index contributed by atoms with van der Waals surface area (Å²) in [6, 6.07) is 0. The van der Waals surface area contributed by atoms with E-state index in [9.17, 15) is 4.79 Å². The predicted octanol–water partition coefficient (Wildman–Crippen LogP) is 3.74. The Labute approximate surface area is 117 Å². The number of amides is 1. The first-order valence-electron chi connectivity index (χ1n) is 7.94. The molecule has 0 aromatic rings. The molecule has 0 unspecified atom stereocenters. The number of hydrogen-bond acceptors (Lipinski definition) is 2. The third-order valence-electron chi connectivity index (χ3n) is 4.80. The van der Waals surface area contributed by atoms with Crippen molar-refractivity contribution in [1.82, 2.24) is 5.43 Å². The van der Waals surface area contributed by atoms with Crippen LogP contribution in [0, 0.1) is 23.7 Å². The Morgan fingerprint density at radius 1 is 1.21 bits per heavy atom. The Hall–Kier alpha value is -0.860. The van der Waals surface area contributed by atoms with Gasteiger partial charge in [-0.1, -0.05) is 33.6 Å². The molecular weight excluding hydrogens is 236 g/mol. The van der Waals surface area contributed by atoms with E-state index in [-0.39, 0.29) is 11.8 Å². The van der Waals surface area contributed by atoms with E-state index < -0.39 is 0 Å². The second kappa shape index (κ2) is 6.53. The lowest BCUT2D eigenvalue weighted by atomic mass is 9.76. The van der Waals surface area contributed by atoms with E-state index in [1.165, 1.54) is 31.4 Å². The maximum atomic E-state index is 12.0.